The summed E-state index contributed by atoms with van der Waals surface area (Å²) in [6.07, 6.45) is 0. The predicted molar refractivity (Wildman–Crippen MR) is 72.7 cm³/mol. The van der Waals surface area contributed by atoms with Crippen molar-refractivity contribution >= 4 is 27.5 Å². The first kappa shape index (κ1) is 14.3. The zero-order valence-corrected chi connectivity index (χ0v) is 12.1. The fraction of sp³-hybridized carbons (Fsp3) is 0.455. The van der Waals surface area contributed by atoms with Crippen molar-refractivity contribution in [3.05, 3.63) is 18.2 Å². The van der Waals surface area contributed by atoms with Crippen molar-refractivity contribution in [3.8, 4) is 0 Å². The summed E-state index contributed by atoms with van der Waals surface area (Å²) in [5.74, 6) is 0. The molecule has 4 nitrogen and oxygen atoms in total. The Balaban J connectivity index is 3.32. The molecular formula is C11H18N2O2S2. The molecule has 0 saturated carbocycles. The molecule has 0 radical (unpaired) electrons. The van der Waals surface area contributed by atoms with Gasteiger partial charge in [0.05, 0.1) is 4.90 Å². The van der Waals surface area contributed by atoms with Gasteiger partial charge in [-0.25, -0.2) is 13.1 Å². The van der Waals surface area contributed by atoms with Crippen LogP contribution in [0.4, 0.5) is 5.69 Å². The van der Waals surface area contributed by atoms with Crippen LogP contribution in [0.2, 0.25) is 0 Å². The van der Waals surface area contributed by atoms with E-state index in [4.69, 9.17) is 5.73 Å². The third-order valence-electron chi connectivity index (χ3n) is 1.94. The summed E-state index contributed by atoms with van der Waals surface area (Å²) >= 11 is 1.50. The van der Waals surface area contributed by atoms with Crippen LogP contribution in [0.3, 0.4) is 0 Å². The van der Waals surface area contributed by atoms with Gasteiger partial charge in [-0.15, -0.1) is 11.8 Å². The molecule has 96 valence electrons. The molecule has 1 aromatic carbocycles. The Labute approximate surface area is 107 Å². The van der Waals surface area contributed by atoms with Crippen molar-refractivity contribution < 1.29 is 8.42 Å². The van der Waals surface area contributed by atoms with Gasteiger partial charge in [-0.3, -0.25) is 0 Å². The lowest BCUT2D eigenvalue weighted by atomic mass is 10.3. The number of anilines is 1. The maximum atomic E-state index is 11.9. The van der Waals surface area contributed by atoms with E-state index in [2.05, 4.69) is 4.72 Å². The molecule has 0 aliphatic carbocycles. The van der Waals surface area contributed by atoms with Crippen LogP contribution in [-0.4, -0.2) is 20.2 Å². The largest absolute Gasteiger partial charge is 0.399 e. The van der Waals surface area contributed by atoms with Crippen LogP contribution in [0, 0.1) is 0 Å². The number of nitrogens with two attached hydrogens (primary N) is 1. The standard InChI is InChI=1S/C11H18N2O2S2/c1-11(2,3)16-9-6-5-8(12)7-10(9)17(14,15)13-4/h5-7,13H,12H2,1-4H3. The smallest absolute Gasteiger partial charge is 0.241 e. The van der Waals surface area contributed by atoms with Crippen LogP contribution in [0.5, 0.6) is 0 Å². The second-order valence-corrected chi connectivity index (χ2v) is 8.35. The van der Waals surface area contributed by atoms with Gasteiger partial charge in [-0.05, 0) is 25.2 Å². The summed E-state index contributed by atoms with van der Waals surface area (Å²) in [6.45, 7) is 6.09. The van der Waals surface area contributed by atoms with E-state index >= 15 is 0 Å². The first-order chi connectivity index (χ1) is 7.65. The SMILES string of the molecule is CNS(=O)(=O)c1cc(N)ccc1SC(C)(C)C. The number of sulfonamides is 1. The van der Waals surface area contributed by atoms with Gasteiger partial charge in [-0.2, -0.15) is 0 Å². The van der Waals surface area contributed by atoms with Crippen molar-refractivity contribution in [2.45, 2.75) is 35.3 Å². The number of hydrogen-bond donors (Lipinski definition) is 2. The zero-order valence-electron chi connectivity index (χ0n) is 10.4. The summed E-state index contributed by atoms with van der Waals surface area (Å²) in [4.78, 5) is 0.945. The molecule has 0 fully saturated rings. The van der Waals surface area contributed by atoms with E-state index < -0.39 is 10.0 Å². The Bertz CT molecular complexity index is 505. The second-order valence-electron chi connectivity index (χ2n) is 4.63. The van der Waals surface area contributed by atoms with Crippen LogP contribution in [-0.2, 0) is 10.0 Å². The number of rotatable bonds is 3. The molecule has 3 N–H and O–H groups in total. The van der Waals surface area contributed by atoms with Crippen molar-refractivity contribution in [1.82, 2.24) is 4.72 Å². The first-order valence-electron chi connectivity index (χ1n) is 5.18. The first-order valence-corrected chi connectivity index (χ1v) is 7.48. The van der Waals surface area contributed by atoms with Crippen molar-refractivity contribution in [2.24, 2.45) is 0 Å². The van der Waals surface area contributed by atoms with E-state index in [-0.39, 0.29) is 9.64 Å². The Morgan fingerprint density at radius 3 is 2.35 bits per heavy atom. The van der Waals surface area contributed by atoms with Gasteiger partial charge in [0.15, 0.2) is 0 Å². The summed E-state index contributed by atoms with van der Waals surface area (Å²) in [7, 11) is -2.08. The van der Waals surface area contributed by atoms with Crippen molar-refractivity contribution in [2.75, 3.05) is 12.8 Å². The molecule has 0 unspecified atom stereocenters. The Morgan fingerprint density at radius 2 is 1.88 bits per heavy atom. The van der Waals surface area contributed by atoms with Gasteiger partial charge in [0.2, 0.25) is 10.0 Å². The Morgan fingerprint density at radius 1 is 1.29 bits per heavy atom. The molecule has 0 spiro atoms. The minimum Gasteiger partial charge on any atom is -0.399 e. The van der Waals surface area contributed by atoms with E-state index in [1.54, 1.807) is 12.1 Å². The maximum absolute atomic E-state index is 11.9. The Hall–Kier alpha value is -0.720. The molecule has 0 aromatic heterocycles. The molecular weight excluding hydrogens is 256 g/mol. The number of nitrogens with one attached hydrogen (secondary N) is 1. The number of hydrogen-bond acceptors (Lipinski definition) is 4. The van der Waals surface area contributed by atoms with Crippen LogP contribution >= 0.6 is 11.8 Å². The summed E-state index contributed by atoms with van der Waals surface area (Å²) in [6, 6.07) is 4.94. The molecule has 17 heavy (non-hydrogen) atoms. The van der Waals surface area contributed by atoms with Gasteiger partial charge >= 0.3 is 0 Å². The van der Waals surface area contributed by atoms with Crippen molar-refractivity contribution in [1.29, 1.82) is 0 Å². The highest BCUT2D eigenvalue weighted by atomic mass is 32.2. The Kier molecular flexibility index (Phi) is 4.11. The highest BCUT2D eigenvalue weighted by molar-refractivity contribution is 8.01. The second kappa shape index (κ2) is 4.88. The van der Waals surface area contributed by atoms with Gasteiger partial charge in [-0.1, -0.05) is 20.8 Å². The maximum Gasteiger partial charge on any atom is 0.241 e. The molecule has 0 atom stereocenters. The lowest BCUT2D eigenvalue weighted by Gasteiger charge is -2.20. The minimum absolute atomic E-state index is 0.0614. The molecule has 1 rings (SSSR count). The number of thioether (sulfide) groups is 1. The topological polar surface area (TPSA) is 72.2 Å². The van der Waals surface area contributed by atoms with Crippen LogP contribution in [0.15, 0.2) is 28.0 Å². The van der Waals surface area contributed by atoms with Gasteiger partial charge < -0.3 is 5.73 Å². The van der Waals surface area contributed by atoms with Crippen molar-refractivity contribution in [3.63, 3.8) is 0 Å². The minimum atomic E-state index is -3.47. The summed E-state index contributed by atoms with van der Waals surface area (Å²) < 4.78 is 26.0. The molecule has 0 aliphatic rings. The normalized spacial score (nSPS) is 12.7. The van der Waals surface area contributed by atoms with E-state index in [0.29, 0.717) is 10.6 Å². The van der Waals surface area contributed by atoms with Gasteiger partial charge in [0.25, 0.3) is 0 Å². The monoisotopic (exact) mass is 274 g/mol. The van der Waals surface area contributed by atoms with Gasteiger partial charge in [0.1, 0.15) is 0 Å². The lowest BCUT2D eigenvalue weighted by molar-refractivity contribution is 0.586. The van der Waals surface area contributed by atoms with E-state index in [1.165, 1.54) is 24.9 Å². The van der Waals surface area contributed by atoms with E-state index in [9.17, 15) is 8.42 Å². The fourth-order valence-electron chi connectivity index (χ4n) is 1.26. The molecule has 1 aromatic rings. The molecule has 0 bridgehead atoms. The average molecular weight is 274 g/mol. The molecule has 0 amide bonds. The lowest BCUT2D eigenvalue weighted by Crippen LogP contribution is -2.20. The molecule has 6 heteroatoms. The number of nitrogen functional groups attached to an aromatic ring is 1. The van der Waals surface area contributed by atoms with Gasteiger partial charge in [0, 0.05) is 15.3 Å². The molecule has 0 saturated heterocycles. The average Bonchev–Trinajstić information content (AvgIpc) is 2.18. The third kappa shape index (κ3) is 3.90. The summed E-state index contributed by atoms with van der Waals surface area (Å²) in [5, 5.41) is 0. The third-order valence-corrected chi connectivity index (χ3v) is 4.71. The number of benzene rings is 1. The van der Waals surface area contributed by atoms with Crippen LogP contribution in [0.1, 0.15) is 20.8 Å². The fourth-order valence-corrected chi connectivity index (χ4v) is 3.51. The molecule has 0 aliphatic heterocycles. The van der Waals surface area contributed by atoms with E-state index in [1.807, 2.05) is 20.8 Å². The van der Waals surface area contributed by atoms with Crippen LogP contribution in [0.25, 0.3) is 0 Å². The highest BCUT2D eigenvalue weighted by Crippen LogP contribution is 2.36. The van der Waals surface area contributed by atoms with Crippen LogP contribution < -0.4 is 10.5 Å². The molecule has 0 heterocycles. The summed E-state index contributed by atoms with van der Waals surface area (Å²) in [5.41, 5.74) is 6.08. The van der Waals surface area contributed by atoms with E-state index in [0.717, 1.165) is 0 Å². The predicted octanol–water partition coefficient (Wildman–Crippen LogP) is 2.07. The quantitative estimate of drug-likeness (QED) is 0.654. The zero-order chi connectivity index (χ0) is 13.3. The highest BCUT2D eigenvalue weighted by Gasteiger charge is 2.21.